The smallest absolute Gasteiger partial charge is 0.337 e. The quantitative estimate of drug-likeness (QED) is 0.755. The highest BCUT2D eigenvalue weighted by atomic mass is 35.5. The SMILES string of the molecule is CC.CCCN(SC)c1cc(Cl)c(Cl)c(C(=O)O)c1. The van der Waals surface area contributed by atoms with Crippen molar-refractivity contribution < 1.29 is 9.90 Å². The molecule has 0 atom stereocenters. The van der Waals surface area contributed by atoms with Crippen LogP contribution in [0, 0.1) is 0 Å². The van der Waals surface area contributed by atoms with Crippen molar-refractivity contribution in [3.8, 4) is 0 Å². The Hall–Kier alpha value is -0.580. The number of rotatable bonds is 5. The van der Waals surface area contributed by atoms with Gasteiger partial charge in [0, 0.05) is 18.5 Å². The van der Waals surface area contributed by atoms with Crippen LogP contribution >= 0.6 is 35.1 Å². The molecule has 0 bridgehead atoms. The lowest BCUT2D eigenvalue weighted by atomic mass is 10.2. The Kier molecular flexibility index (Phi) is 9.06. The molecule has 3 nitrogen and oxygen atoms in total. The van der Waals surface area contributed by atoms with Crippen LogP contribution in [0.3, 0.4) is 0 Å². The molecule has 1 aromatic rings. The Bertz CT molecular complexity index is 427. The molecule has 0 radical (unpaired) electrons. The highest BCUT2D eigenvalue weighted by molar-refractivity contribution is 7.99. The van der Waals surface area contributed by atoms with Crippen molar-refractivity contribution in [3.05, 3.63) is 27.7 Å². The molecular formula is C13H19Cl2NO2S. The number of aromatic carboxylic acids is 1. The molecule has 0 saturated heterocycles. The van der Waals surface area contributed by atoms with E-state index < -0.39 is 5.97 Å². The van der Waals surface area contributed by atoms with Crippen molar-refractivity contribution in [2.24, 2.45) is 0 Å². The first-order valence-electron chi connectivity index (χ1n) is 6.05. The van der Waals surface area contributed by atoms with Crippen LogP contribution in [-0.4, -0.2) is 23.9 Å². The third-order valence-electron chi connectivity index (χ3n) is 2.18. The molecule has 19 heavy (non-hydrogen) atoms. The van der Waals surface area contributed by atoms with Crippen molar-refractivity contribution in [3.63, 3.8) is 0 Å². The Morgan fingerprint density at radius 2 is 1.95 bits per heavy atom. The molecular weight excluding hydrogens is 305 g/mol. The monoisotopic (exact) mass is 323 g/mol. The molecule has 0 unspecified atom stereocenters. The van der Waals surface area contributed by atoms with Gasteiger partial charge in [-0.15, -0.1) is 0 Å². The largest absolute Gasteiger partial charge is 0.478 e. The van der Waals surface area contributed by atoms with Crippen LogP contribution in [0.25, 0.3) is 0 Å². The van der Waals surface area contributed by atoms with Crippen molar-refractivity contribution >= 4 is 46.8 Å². The van der Waals surface area contributed by atoms with Gasteiger partial charge >= 0.3 is 5.97 Å². The van der Waals surface area contributed by atoms with Gasteiger partial charge in [-0.25, -0.2) is 4.79 Å². The van der Waals surface area contributed by atoms with E-state index in [0.29, 0.717) is 0 Å². The van der Waals surface area contributed by atoms with Gasteiger partial charge in [-0.1, -0.05) is 55.9 Å². The molecule has 0 heterocycles. The first-order chi connectivity index (χ1) is 9.01. The Morgan fingerprint density at radius 3 is 2.37 bits per heavy atom. The summed E-state index contributed by atoms with van der Waals surface area (Å²) in [5, 5.41) is 9.38. The van der Waals surface area contributed by atoms with Gasteiger partial charge in [0.15, 0.2) is 0 Å². The van der Waals surface area contributed by atoms with Crippen molar-refractivity contribution in [2.45, 2.75) is 27.2 Å². The van der Waals surface area contributed by atoms with E-state index in [1.165, 1.54) is 11.9 Å². The summed E-state index contributed by atoms with van der Waals surface area (Å²) in [5.74, 6) is -1.07. The Balaban J connectivity index is 0.00000154. The standard InChI is InChI=1S/C11H13Cl2NO2S.C2H6/c1-3-4-14(17-2)7-5-8(11(15)16)10(13)9(12)6-7;1-2/h5-6H,3-4H2,1-2H3,(H,15,16);1-2H3. The second-order valence-electron chi connectivity index (χ2n) is 3.38. The Labute approximate surface area is 129 Å². The molecule has 0 aromatic heterocycles. The van der Waals surface area contributed by atoms with Gasteiger partial charge in [0.2, 0.25) is 0 Å². The average molecular weight is 324 g/mol. The molecule has 0 fully saturated rings. The van der Waals surface area contributed by atoms with Crippen LogP contribution in [0.4, 0.5) is 5.69 Å². The molecule has 0 aliphatic rings. The zero-order valence-electron chi connectivity index (χ0n) is 11.5. The number of nitrogens with zero attached hydrogens (tertiary/aromatic N) is 1. The lowest BCUT2D eigenvalue weighted by Crippen LogP contribution is -2.15. The minimum Gasteiger partial charge on any atom is -0.478 e. The van der Waals surface area contributed by atoms with Gasteiger partial charge in [0.25, 0.3) is 0 Å². The molecule has 108 valence electrons. The fourth-order valence-corrected chi connectivity index (χ4v) is 2.49. The highest BCUT2D eigenvalue weighted by Crippen LogP contribution is 2.33. The van der Waals surface area contributed by atoms with Gasteiger partial charge in [0.05, 0.1) is 15.6 Å². The third-order valence-corrected chi connectivity index (χ3v) is 3.81. The van der Waals surface area contributed by atoms with Crippen LogP contribution in [0.5, 0.6) is 0 Å². The maximum atomic E-state index is 11.0. The van der Waals surface area contributed by atoms with Crippen molar-refractivity contribution in [1.29, 1.82) is 0 Å². The zero-order chi connectivity index (χ0) is 15.0. The third kappa shape index (κ3) is 5.13. The fraction of sp³-hybridized carbons (Fsp3) is 0.462. The number of anilines is 1. The van der Waals surface area contributed by atoms with Crippen LogP contribution in [0.2, 0.25) is 10.0 Å². The zero-order valence-corrected chi connectivity index (χ0v) is 13.9. The number of halogens is 2. The number of carboxylic acid groups (broad SMARTS) is 1. The average Bonchev–Trinajstić information content (AvgIpc) is 2.41. The molecule has 1 N–H and O–H groups in total. The maximum Gasteiger partial charge on any atom is 0.337 e. The van der Waals surface area contributed by atoms with E-state index in [1.807, 2.05) is 24.4 Å². The van der Waals surface area contributed by atoms with Gasteiger partial charge in [-0.3, -0.25) is 0 Å². The predicted octanol–water partition coefficient (Wildman–Crippen LogP) is 5.21. The summed E-state index contributed by atoms with van der Waals surface area (Å²) in [6.45, 7) is 6.87. The topological polar surface area (TPSA) is 40.5 Å². The van der Waals surface area contributed by atoms with E-state index in [1.54, 1.807) is 12.1 Å². The lowest BCUT2D eigenvalue weighted by molar-refractivity contribution is 0.0697. The van der Waals surface area contributed by atoms with E-state index in [4.69, 9.17) is 28.3 Å². The first kappa shape index (κ1) is 18.4. The van der Waals surface area contributed by atoms with Crippen molar-refractivity contribution in [1.82, 2.24) is 0 Å². The summed E-state index contributed by atoms with van der Waals surface area (Å²) in [6.07, 6.45) is 2.89. The fourth-order valence-electron chi connectivity index (χ4n) is 1.40. The first-order valence-corrected chi connectivity index (χ1v) is 7.99. The summed E-state index contributed by atoms with van der Waals surface area (Å²) in [4.78, 5) is 11.0. The van der Waals surface area contributed by atoms with Gasteiger partial charge in [-0.05, 0) is 18.6 Å². The predicted molar refractivity (Wildman–Crippen MR) is 85.9 cm³/mol. The summed E-state index contributed by atoms with van der Waals surface area (Å²) in [5.41, 5.74) is 0.787. The molecule has 0 saturated carbocycles. The van der Waals surface area contributed by atoms with Gasteiger partial charge < -0.3 is 9.41 Å². The van der Waals surface area contributed by atoms with Crippen molar-refractivity contribution in [2.75, 3.05) is 17.1 Å². The van der Waals surface area contributed by atoms with Crippen LogP contribution in [-0.2, 0) is 0 Å². The second kappa shape index (κ2) is 9.34. The summed E-state index contributed by atoms with van der Waals surface area (Å²) in [6, 6.07) is 3.23. The van der Waals surface area contributed by atoms with Gasteiger partial charge in [0.1, 0.15) is 0 Å². The van der Waals surface area contributed by atoms with Crippen LogP contribution in [0.15, 0.2) is 12.1 Å². The molecule has 1 rings (SSSR count). The van der Waals surface area contributed by atoms with E-state index in [2.05, 4.69) is 6.92 Å². The molecule has 0 amide bonds. The normalized spacial score (nSPS) is 9.58. The number of benzene rings is 1. The lowest BCUT2D eigenvalue weighted by Gasteiger charge is -2.21. The van der Waals surface area contributed by atoms with Crippen LogP contribution < -0.4 is 4.31 Å². The second-order valence-corrected chi connectivity index (χ2v) is 4.97. The summed E-state index contributed by atoms with van der Waals surface area (Å²) in [7, 11) is 0. The highest BCUT2D eigenvalue weighted by Gasteiger charge is 2.16. The summed E-state index contributed by atoms with van der Waals surface area (Å²) < 4.78 is 1.98. The van der Waals surface area contributed by atoms with E-state index in [-0.39, 0.29) is 15.6 Å². The minimum absolute atomic E-state index is 0.0318. The van der Waals surface area contributed by atoms with E-state index >= 15 is 0 Å². The molecule has 0 spiro atoms. The molecule has 6 heteroatoms. The molecule has 0 aliphatic carbocycles. The summed E-state index contributed by atoms with van der Waals surface area (Å²) >= 11 is 13.3. The maximum absolute atomic E-state index is 11.0. The van der Waals surface area contributed by atoms with E-state index in [0.717, 1.165) is 18.7 Å². The number of hydrogen-bond donors (Lipinski definition) is 1. The van der Waals surface area contributed by atoms with Crippen LogP contribution in [0.1, 0.15) is 37.6 Å². The number of carbonyl (C=O) groups is 1. The minimum atomic E-state index is -1.07. The number of carboxylic acids is 1. The Morgan fingerprint density at radius 1 is 1.37 bits per heavy atom. The molecule has 0 aliphatic heterocycles. The van der Waals surface area contributed by atoms with E-state index in [9.17, 15) is 4.79 Å². The molecule has 1 aromatic carbocycles. The van der Waals surface area contributed by atoms with Gasteiger partial charge in [-0.2, -0.15) is 0 Å². The number of hydrogen-bond acceptors (Lipinski definition) is 3.